The molecule has 0 aliphatic rings. The van der Waals surface area contributed by atoms with E-state index in [2.05, 4.69) is 25.6 Å². The number of amides is 1. The first kappa shape index (κ1) is 21.1. The average Bonchev–Trinajstić information content (AvgIpc) is 3.27. The maximum absolute atomic E-state index is 13.7. The Morgan fingerprint density at radius 1 is 0.971 bits per heavy atom. The summed E-state index contributed by atoms with van der Waals surface area (Å²) in [5, 5.41) is 15.7. The van der Waals surface area contributed by atoms with Gasteiger partial charge in [-0.1, -0.05) is 12.1 Å². The van der Waals surface area contributed by atoms with Crippen molar-refractivity contribution in [3.63, 3.8) is 0 Å². The molecule has 34 heavy (non-hydrogen) atoms. The molecule has 5 aromatic rings. The molecule has 0 spiro atoms. The van der Waals surface area contributed by atoms with Crippen LogP contribution >= 0.6 is 0 Å². The maximum atomic E-state index is 13.7. The van der Waals surface area contributed by atoms with Gasteiger partial charge in [0.1, 0.15) is 5.82 Å². The van der Waals surface area contributed by atoms with Gasteiger partial charge in [-0.05, 0) is 48.5 Å². The third-order valence-electron chi connectivity index (χ3n) is 4.88. The predicted molar refractivity (Wildman–Crippen MR) is 120 cm³/mol. The number of halogens is 2. The summed E-state index contributed by atoms with van der Waals surface area (Å²) in [5.41, 5.74) is 3.24. The summed E-state index contributed by atoms with van der Waals surface area (Å²) < 4.78 is 33.4. The van der Waals surface area contributed by atoms with Crippen molar-refractivity contribution in [2.45, 2.75) is 0 Å². The van der Waals surface area contributed by atoms with Crippen LogP contribution in [0.15, 0.2) is 79.1 Å². The number of carbonyl (C=O) groups is 1. The van der Waals surface area contributed by atoms with E-state index in [1.54, 1.807) is 53.3 Å². The summed E-state index contributed by atoms with van der Waals surface area (Å²) in [6, 6.07) is 17.2. The highest BCUT2D eigenvalue weighted by Crippen LogP contribution is 2.23. The Balaban J connectivity index is 1.34. The van der Waals surface area contributed by atoms with Gasteiger partial charge < -0.3 is 10.1 Å². The number of nitrogens with one attached hydrogen (secondary N) is 1. The summed E-state index contributed by atoms with van der Waals surface area (Å²) >= 11 is 0. The Bertz CT molecular complexity index is 1490. The molecule has 1 N–H and O–H groups in total. The van der Waals surface area contributed by atoms with Crippen LogP contribution in [0.4, 0.5) is 14.5 Å². The van der Waals surface area contributed by atoms with Crippen molar-refractivity contribution in [1.29, 1.82) is 0 Å². The van der Waals surface area contributed by atoms with Crippen molar-refractivity contribution in [3.8, 4) is 28.4 Å². The van der Waals surface area contributed by atoms with Crippen LogP contribution in [0, 0.1) is 11.6 Å². The van der Waals surface area contributed by atoms with Crippen LogP contribution in [0.3, 0.4) is 0 Å². The van der Waals surface area contributed by atoms with Crippen LogP contribution in [0.5, 0.6) is 5.75 Å². The van der Waals surface area contributed by atoms with E-state index >= 15 is 0 Å². The van der Waals surface area contributed by atoms with E-state index < -0.39 is 24.1 Å². The van der Waals surface area contributed by atoms with Gasteiger partial charge in [0.05, 0.1) is 5.69 Å². The Hall–Kier alpha value is -4.73. The fraction of sp³-hybridized carbons (Fsp3) is 0.0417. The number of ether oxygens (including phenoxy) is 1. The zero-order valence-electron chi connectivity index (χ0n) is 17.5. The predicted octanol–water partition coefficient (Wildman–Crippen LogP) is 4.15. The first-order valence-corrected chi connectivity index (χ1v) is 10.2. The summed E-state index contributed by atoms with van der Waals surface area (Å²) in [6.45, 7) is -0.438. The minimum absolute atomic E-state index is 0.207. The molecule has 0 saturated heterocycles. The molecule has 0 aliphatic carbocycles. The summed E-state index contributed by atoms with van der Waals surface area (Å²) in [5.74, 6) is -1.75. The highest BCUT2D eigenvalue weighted by atomic mass is 19.1. The van der Waals surface area contributed by atoms with Crippen LogP contribution in [0.2, 0.25) is 0 Å². The normalized spacial score (nSPS) is 10.9. The summed E-state index contributed by atoms with van der Waals surface area (Å²) in [6.07, 6.45) is 3.35. The number of anilines is 1. The monoisotopic (exact) mass is 458 g/mol. The molecule has 3 heterocycles. The van der Waals surface area contributed by atoms with E-state index in [9.17, 15) is 13.6 Å². The second-order valence-corrected chi connectivity index (χ2v) is 7.25. The van der Waals surface area contributed by atoms with Crippen molar-refractivity contribution < 1.29 is 18.3 Å². The van der Waals surface area contributed by atoms with Gasteiger partial charge in [-0.2, -0.15) is 9.61 Å². The second kappa shape index (κ2) is 9.02. The number of fused-ring (bicyclic) bond motifs is 1. The Morgan fingerprint density at radius 3 is 2.68 bits per heavy atom. The lowest BCUT2D eigenvalue weighted by Gasteiger charge is -2.09. The third kappa shape index (κ3) is 4.42. The fourth-order valence-corrected chi connectivity index (χ4v) is 3.31. The molecule has 3 aromatic heterocycles. The molecular weight excluding hydrogens is 442 g/mol. The minimum atomic E-state index is -0.879. The van der Waals surface area contributed by atoms with Gasteiger partial charge in [0.25, 0.3) is 5.91 Å². The number of carbonyl (C=O) groups excluding carboxylic acids is 1. The van der Waals surface area contributed by atoms with Gasteiger partial charge in [-0.25, -0.2) is 8.78 Å². The lowest BCUT2D eigenvalue weighted by Crippen LogP contribution is -2.20. The molecule has 10 heteroatoms. The molecule has 0 fully saturated rings. The zero-order valence-corrected chi connectivity index (χ0v) is 17.5. The molecular formula is C24H16F2N6O2. The number of pyridine rings is 1. The lowest BCUT2D eigenvalue weighted by atomic mass is 10.1. The van der Waals surface area contributed by atoms with Crippen molar-refractivity contribution >= 4 is 17.2 Å². The molecule has 0 saturated carbocycles. The quantitative estimate of drug-likeness (QED) is 0.411. The van der Waals surface area contributed by atoms with Gasteiger partial charge in [0, 0.05) is 35.3 Å². The van der Waals surface area contributed by atoms with Gasteiger partial charge >= 0.3 is 0 Å². The number of aromatic nitrogens is 5. The molecule has 8 nitrogen and oxygen atoms in total. The standard InChI is InChI=1S/C24H16F2N6O2/c25-17-6-8-21(19(26)12-17)34-14-23(33)28-18-5-1-3-15(11-18)20-7-9-22-29-30-24(32(22)31-20)16-4-2-10-27-13-16/h1-13H,14H2,(H,28,33). The lowest BCUT2D eigenvalue weighted by molar-refractivity contribution is -0.118. The highest BCUT2D eigenvalue weighted by molar-refractivity contribution is 5.92. The molecule has 0 unspecified atom stereocenters. The molecule has 5 rings (SSSR count). The van der Waals surface area contributed by atoms with Gasteiger partial charge in [0.2, 0.25) is 0 Å². The first-order valence-electron chi connectivity index (χ1n) is 10.2. The van der Waals surface area contributed by atoms with E-state index in [4.69, 9.17) is 4.74 Å². The topological polar surface area (TPSA) is 94.3 Å². The molecule has 2 aromatic carbocycles. The highest BCUT2D eigenvalue weighted by Gasteiger charge is 2.12. The Labute approximate surface area is 191 Å². The minimum Gasteiger partial charge on any atom is -0.481 e. The number of benzene rings is 2. The summed E-state index contributed by atoms with van der Waals surface area (Å²) in [7, 11) is 0. The molecule has 1 amide bonds. The largest absolute Gasteiger partial charge is 0.481 e. The number of nitrogens with zero attached hydrogens (tertiary/aromatic N) is 5. The van der Waals surface area contributed by atoms with Gasteiger partial charge in [-0.15, -0.1) is 10.2 Å². The summed E-state index contributed by atoms with van der Waals surface area (Å²) in [4.78, 5) is 16.4. The number of hydrogen-bond acceptors (Lipinski definition) is 6. The second-order valence-electron chi connectivity index (χ2n) is 7.25. The number of rotatable bonds is 6. The number of hydrogen-bond donors (Lipinski definition) is 1. The average molecular weight is 458 g/mol. The third-order valence-corrected chi connectivity index (χ3v) is 4.88. The maximum Gasteiger partial charge on any atom is 0.262 e. The molecule has 0 bridgehead atoms. The fourth-order valence-electron chi connectivity index (χ4n) is 3.31. The Morgan fingerprint density at radius 2 is 1.85 bits per heavy atom. The van der Waals surface area contributed by atoms with E-state index in [1.165, 1.54) is 0 Å². The van der Waals surface area contributed by atoms with Gasteiger partial charge in [-0.3, -0.25) is 9.78 Å². The van der Waals surface area contributed by atoms with E-state index in [0.29, 0.717) is 28.9 Å². The molecule has 0 aliphatic heterocycles. The molecule has 168 valence electrons. The van der Waals surface area contributed by atoms with Crippen LogP contribution in [0.25, 0.3) is 28.3 Å². The zero-order chi connectivity index (χ0) is 23.5. The van der Waals surface area contributed by atoms with Crippen LogP contribution < -0.4 is 10.1 Å². The van der Waals surface area contributed by atoms with E-state index in [-0.39, 0.29) is 5.75 Å². The SMILES string of the molecule is O=C(COc1ccc(F)cc1F)Nc1cccc(-c2ccc3nnc(-c4cccnc4)n3n2)c1. The molecule has 0 radical (unpaired) electrons. The first-order chi connectivity index (χ1) is 16.6. The van der Waals surface area contributed by atoms with Crippen molar-refractivity contribution in [2.24, 2.45) is 0 Å². The van der Waals surface area contributed by atoms with E-state index in [1.807, 2.05) is 12.1 Å². The molecule has 0 atom stereocenters. The smallest absolute Gasteiger partial charge is 0.262 e. The van der Waals surface area contributed by atoms with Crippen molar-refractivity contribution in [3.05, 3.63) is 90.8 Å². The van der Waals surface area contributed by atoms with Crippen molar-refractivity contribution in [2.75, 3.05) is 11.9 Å². The van der Waals surface area contributed by atoms with Crippen LogP contribution in [0.1, 0.15) is 0 Å². The van der Waals surface area contributed by atoms with Gasteiger partial charge in [0.15, 0.2) is 29.6 Å². The van der Waals surface area contributed by atoms with E-state index in [0.717, 1.165) is 23.3 Å². The van der Waals surface area contributed by atoms with Crippen LogP contribution in [-0.4, -0.2) is 37.3 Å². The van der Waals surface area contributed by atoms with Crippen molar-refractivity contribution in [1.82, 2.24) is 24.8 Å². The Kier molecular flexibility index (Phi) is 5.61. The van der Waals surface area contributed by atoms with Crippen LogP contribution in [-0.2, 0) is 4.79 Å².